The van der Waals surface area contributed by atoms with E-state index in [9.17, 15) is 13.2 Å². The first-order chi connectivity index (χ1) is 16.0. The number of aromatic nitrogens is 2. The molecule has 1 aromatic heterocycles. The molecule has 0 amide bonds. The van der Waals surface area contributed by atoms with Gasteiger partial charge in [-0.1, -0.05) is 49.3 Å². The Morgan fingerprint density at radius 1 is 1.18 bits per heavy atom. The van der Waals surface area contributed by atoms with Gasteiger partial charge in [0.15, 0.2) is 15.5 Å². The van der Waals surface area contributed by atoms with Crippen molar-refractivity contribution in [3.63, 3.8) is 0 Å². The van der Waals surface area contributed by atoms with Gasteiger partial charge in [-0.3, -0.25) is 5.41 Å². The van der Waals surface area contributed by atoms with E-state index < -0.39 is 21.5 Å². The Labute approximate surface area is 205 Å². The van der Waals surface area contributed by atoms with Gasteiger partial charge < -0.3 is 14.6 Å². The molecule has 34 heavy (non-hydrogen) atoms. The molecule has 0 aliphatic heterocycles. The molecule has 178 valence electrons. The van der Waals surface area contributed by atoms with E-state index in [-0.39, 0.29) is 32.7 Å². The first kappa shape index (κ1) is 25.3. The van der Waals surface area contributed by atoms with Crippen LogP contribution in [-0.4, -0.2) is 43.6 Å². The van der Waals surface area contributed by atoms with Crippen LogP contribution in [0.25, 0.3) is 17.1 Å². The number of nitrogens with one attached hydrogen (secondary N) is 2. The van der Waals surface area contributed by atoms with Gasteiger partial charge in [0.2, 0.25) is 5.82 Å². The lowest BCUT2D eigenvalue weighted by Crippen LogP contribution is -2.17. The van der Waals surface area contributed by atoms with Crippen molar-refractivity contribution in [2.24, 2.45) is 0 Å². The van der Waals surface area contributed by atoms with Gasteiger partial charge in [-0.25, -0.2) is 13.2 Å². The van der Waals surface area contributed by atoms with E-state index in [4.69, 9.17) is 9.93 Å². The molecule has 0 saturated carbocycles. The predicted octanol–water partition coefficient (Wildman–Crippen LogP) is 4.63. The molecule has 0 atom stereocenters. The minimum atomic E-state index is -3.43. The summed E-state index contributed by atoms with van der Waals surface area (Å²) >= 11 is 3.29. The molecule has 0 unspecified atom stereocenters. The number of hydrogen-bond donors (Lipinski definition) is 2. The van der Waals surface area contributed by atoms with E-state index in [1.807, 2.05) is 38.1 Å². The number of para-hydroxylation sites is 1. The molecule has 0 spiro atoms. The third kappa shape index (κ3) is 5.60. The first-order valence-electron chi connectivity index (χ1n) is 10.1. The zero-order chi connectivity index (χ0) is 25.0. The van der Waals surface area contributed by atoms with Gasteiger partial charge in [0.1, 0.15) is 5.70 Å². The first-order valence-corrected chi connectivity index (χ1v) is 12.8. The molecule has 1 heterocycles. The van der Waals surface area contributed by atoms with Crippen molar-refractivity contribution >= 4 is 48.8 Å². The number of methoxy groups -OCH3 is 1. The molecule has 2 N–H and O–H groups in total. The lowest BCUT2D eigenvalue weighted by atomic mass is 10.0. The highest BCUT2D eigenvalue weighted by Crippen LogP contribution is 2.31. The normalized spacial score (nSPS) is 12.3. The van der Waals surface area contributed by atoms with Gasteiger partial charge >= 0.3 is 5.97 Å². The summed E-state index contributed by atoms with van der Waals surface area (Å²) in [6, 6.07) is 13.7. The number of halogens is 1. The fourth-order valence-corrected chi connectivity index (χ4v) is 4.17. The van der Waals surface area contributed by atoms with Crippen LogP contribution in [-0.2, 0) is 19.4 Å². The van der Waals surface area contributed by atoms with Gasteiger partial charge in [0, 0.05) is 17.5 Å². The number of sulfone groups is 1. The third-order valence-electron chi connectivity index (χ3n) is 4.83. The topological polar surface area (TPSA) is 135 Å². The van der Waals surface area contributed by atoms with E-state index in [0.717, 1.165) is 17.5 Å². The molecule has 0 bridgehead atoms. The largest absolute Gasteiger partial charge is 0.464 e. The summed E-state index contributed by atoms with van der Waals surface area (Å²) < 4.78 is 34.0. The molecule has 0 fully saturated rings. The van der Waals surface area contributed by atoms with Crippen LogP contribution in [0.5, 0.6) is 0 Å². The zero-order valence-corrected chi connectivity index (χ0v) is 21.3. The second kappa shape index (κ2) is 10.3. The average Bonchev–Trinajstić information content (AvgIpc) is 3.30. The molecular formula is C23H23BrN4O5S. The van der Waals surface area contributed by atoms with Crippen molar-refractivity contribution in [3.05, 3.63) is 64.5 Å². The minimum Gasteiger partial charge on any atom is -0.464 e. The Balaban J connectivity index is 2.12. The van der Waals surface area contributed by atoms with Crippen LogP contribution in [0.3, 0.4) is 0 Å². The van der Waals surface area contributed by atoms with Crippen LogP contribution in [0.4, 0.5) is 5.69 Å². The summed E-state index contributed by atoms with van der Waals surface area (Å²) in [5.74, 6) is -0.551. The average molecular weight is 547 g/mol. The van der Waals surface area contributed by atoms with Crippen LogP contribution in [0.1, 0.15) is 31.2 Å². The fourth-order valence-electron chi connectivity index (χ4n) is 3.08. The van der Waals surface area contributed by atoms with Gasteiger partial charge in [0.05, 0.1) is 16.5 Å². The van der Waals surface area contributed by atoms with Crippen molar-refractivity contribution in [2.45, 2.75) is 24.7 Å². The van der Waals surface area contributed by atoms with Gasteiger partial charge in [-0.05, 0) is 45.6 Å². The number of hydrogen-bond acceptors (Lipinski definition) is 9. The number of carbonyl (C=O) groups excluding carboxylic acids is 1. The molecule has 0 aliphatic rings. The number of nitrogens with zero attached hydrogens (tertiary/aromatic N) is 2. The Hall–Kier alpha value is -3.31. The third-order valence-corrected chi connectivity index (χ3v) is 6.73. The van der Waals surface area contributed by atoms with E-state index in [0.29, 0.717) is 5.56 Å². The smallest absolute Gasteiger partial charge is 0.357 e. The van der Waals surface area contributed by atoms with E-state index in [2.05, 4.69) is 36.1 Å². The number of anilines is 1. The Morgan fingerprint density at radius 3 is 2.53 bits per heavy atom. The van der Waals surface area contributed by atoms with E-state index >= 15 is 0 Å². The van der Waals surface area contributed by atoms with Crippen molar-refractivity contribution < 1.29 is 22.5 Å². The molecule has 0 saturated heterocycles. The second-order valence-electron chi connectivity index (χ2n) is 7.65. The lowest BCUT2D eigenvalue weighted by Gasteiger charge is -2.16. The molecule has 9 nitrogen and oxygen atoms in total. The van der Waals surface area contributed by atoms with Gasteiger partial charge in [-0.15, -0.1) is 0 Å². The summed E-state index contributed by atoms with van der Waals surface area (Å²) in [5, 5.41) is 15.3. The van der Waals surface area contributed by atoms with Crippen molar-refractivity contribution in [1.29, 1.82) is 5.41 Å². The quantitative estimate of drug-likeness (QED) is 0.308. The zero-order valence-electron chi connectivity index (χ0n) is 18.9. The summed E-state index contributed by atoms with van der Waals surface area (Å²) in [5.41, 5.74) is 1.87. The standard InChI is InChI=1S/C23H23BrN4O5S/c1-13(2)16-10-5-6-11-17(16)26-20(18(24)19(25)23(29)32-3)22-27-21(28-33-22)14-8-7-9-15(12-14)34(4,30)31/h5-13,25-26H,1-4H3/b20-18+,25-19?. The molecule has 3 aromatic rings. The minimum absolute atomic E-state index is 0.0150. The number of benzene rings is 2. The SMILES string of the molecule is COC(=O)C(=N)/C(Br)=C(\Nc1ccccc1C(C)C)c1nc(-c2cccc(S(C)(=O)=O)c2)no1. The maximum Gasteiger partial charge on any atom is 0.357 e. The second-order valence-corrected chi connectivity index (χ2v) is 10.5. The monoisotopic (exact) mass is 546 g/mol. The predicted molar refractivity (Wildman–Crippen MR) is 133 cm³/mol. The summed E-state index contributed by atoms with van der Waals surface area (Å²) in [4.78, 5) is 16.5. The number of carbonyl (C=O) groups is 1. The van der Waals surface area contributed by atoms with Crippen LogP contribution < -0.4 is 5.32 Å². The highest BCUT2D eigenvalue weighted by atomic mass is 79.9. The van der Waals surface area contributed by atoms with Crippen LogP contribution in [0, 0.1) is 5.41 Å². The van der Waals surface area contributed by atoms with Gasteiger partial charge in [-0.2, -0.15) is 4.98 Å². The van der Waals surface area contributed by atoms with E-state index in [1.54, 1.807) is 12.1 Å². The Morgan fingerprint density at radius 2 is 1.88 bits per heavy atom. The highest BCUT2D eigenvalue weighted by Gasteiger charge is 2.24. The van der Waals surface area contributed by atoms with Crippen LogP contribution in [0.2, 0.25) is 0 Å². The highest BCUT2D eigenvalue weighted by molar-refractivity contribution is 9.12. The number of rotatable bonds is 8. The van der Waals surface area contributed by atoms with E-state index in [1.165, 1.54) is 19.2 Å². The summed E-state index contributed by atoms with van der Waals surface area (Å²) in [6.07, 6.45) is 1.11. The molecule has 2 aromatic carbocycles. The number of esters is 1. The summed E-state index contributed by atoms with van der Waals surface area (Å²) in [6.45, 7) is 4.07. The van der Waals surface area contributed by atoms with Crippen LogP contribution in [0.15, 0.2) is 62.4 Å². The maximum absolute atomic E-state index is 12.0. The van der Waals surface area contributed by atoms with Crippen molar-refractivity contribution in [3.8, 4) is 11.4 Å². The molecular weight excluding hydrogens is 524 g/mol. The molecule has 11 heteroatoms. The van der Waals surface area contributed by atoms with Crippen molar-refractivity contribution in [2.75, 3.05) is 18.7 Å². The lowest BCUT2D eigenvalue weighted by molar-refractivity contribution is -0.132. The molecule has 3 rings (SSSR count). The Bertz CT molecular complexity index is 1380. The summed E-state index contributed by atoms with van der Waals surface area (Å²) in [7, 11) is -2.25. The number of ether oxygens (including phenoxy) is 1. The fraction of sp³-hybridized carbons (Fsp3) is 0.217. The molecule has 0 radical (unpaired) electrons. The maximum atomic E-state index is 12.0. The Kier molecular flexibility index (Phi) is 7.68. The van der Waals surface area contributed by atoms with Crippen LogP contribution >= 0.6 is 15.9 Å². The van der Waals surface area contributed by atoms with Gasteiger partial charge in [0.25, 0.3) is 5.89 Å². The van der Waals surface area contributed by atoms with Crippen molar-refractivity contribution in [1.82, 2.24) is 10.1 Å². The molecule has 0 aliphatic carbocycles.